The van der Waals surface area contributed by atoms with E-state index in [0.717, 1.165) is 0 Å². The fraction of sp³-hybridized carbons (Fsp3) is 0.636. The van der Waals surface area contributed by atoms with Crippen LogP contribution in [0.25, 0.3) is 0 Å². The number of sulfonamides is 1. The highest BCUT2D eigenvalue weighted by Crippen LogP contribution is 2.17. The second-order valence-corrected chi connectivity index (χ2v) is 6.14. The zero-order chi connectivity index (χ0) is 14.6. The van der Waals surface area contributed by atoms with E-state index < -0.39 is 21.9 Å². The molecule has 1 aromatic heterocycles. The molecule has 1 aromatic rings. The molecule has 0 bridgehead atoms. The summed E-state index contributed by atoms with van der Waals surface area (Å²) in [5.74, 6) is -1.71. The summed E-state index contributed by atoms with van der Waals surface area (Å²) in [4.78, 5) is 11.1. The Morgan fingerprint density at radius 3 is 2.53 bits per heavy atom. The number of aromatic amines is 1. The molecule has 0 spiro atoms. The van der Waals surface area contributed by atoms with Crippen LogP contribution >= 0.6 is 0 Å². The van der Waals surface area contributed by atoms with Crippen molar-refractivity contribution in [2.45, 2.75) is 38.5 Å². The van der Waals surface area contributed by atoms with Crippen LogP contribution in [0.5, 0.6) is 0 Å². The van der Waals surface area contributed by atoms with Crippen molar-refractivity contribution in [3.8, 4) is 0 Å². The van der Waals surface area contributed by atoms with E-state index in [2.05, 4.69) is 14.9 Å². The normalized spacial score (nSPS) is 13.4. The average Bonchev–Trinajstić information content (AvgIpc) is 2.64. The molecular weight excluding hydrogens is 270 g/mol. The maximum Gasteiger partial charge on any atom is 0.307 e. The first-order valence-electron chi connectivity index (χ1n) is 6.03. The predicted octanol–water partition coefficient (Wildman–Crippen LogP) is 0.806. The number of carboxylic acids is 1. The minimum Gasteiger partial charge on any atom is -0.481 e. The summed E-state index contributed by atoms with van der Waals surface area (Å²) >= 11 is 0. The Morgan fingerprint density at radius 1 is 1.47 bits per heavy atom. The molecule has 3 N–H and O–H groups in total. The number of carbonyl (C=O) groups is 1. The van der Waals surface area contributed by atoms with Gasteiger partial charge in [0.2, 0.25) is 10.0 Å². The van der Waals surface area contributed by atoms with E-state index in [1.165, 1.54) is 0 Å². The molecule has 0 aliphatic carbocycles. The third-order valence-electron chi connectivity index (χ3n) is 2.84. The molecule has 0 aliphatic rings. The Balaban J connectivity index is 2.84. The number of aryl methyl sites for hydroxylation is 2. The van der Waals surface area contributed by atoms with Crippen LogP contribution in [0.1, 0.15) is 31.2 Å². The highest BCUT2D eigenvalue weighted by atomic mass is 32.2. The van der Waals surface area contributed by atoms with Gasteiger partial charge in [0, 0.05) is 6.54 Å². The Kier molecular flexibility index (Phi) is 5.07. The summed E-state index contributed by atoms with van der Waals surface area (Å²) in [5.41, 5.74) is 0.805. The number of nitrogens with zero attached hydrogens (tertiary/aromatic N) is 1. The number of aliphatic carboxylic acids is 1. The lowest BCUT2D eigenvalue weighted by Crippen LogP contribution is -2.33. The van der Waals surface area contributed by atoms with Crippen molar-refractivity contribution >= 4 is 16.0 Å². The third-order valence-corrected chi connectivity index (χ3v) is 4.52. The number of carboxylic acid groups (broad SMARTS) is 1. The minimum atomic E-state index is -3.73. The van der Waals surface area contributed by atoms with Gasteiger partial charge >= 0.3 is 5.97 Å². The van der Waals surface area contributed by atoms with Gasteiger partial charge in [-0.05, 0) is 20.3 Å². The van der Waals surface area contributed by atoms with E-state index in [0.29, 0.717) is 24.2 Å². The maximum absolute atomic E-state index is 12.1. The number of rotatable bonds is 7. The maximum atomic E-state index is 12.1. The van der Waals surface area contributed by atoms with E-state index in [4.69, 9.17) is 5.11 Å². The molecule has 108 valence electrons. The van der Waals surface area contributed by atoms with Gasteiger partial charge in [-0.3, -0.25) is 9.89 Å². The molecule has 1 rings (SSSR count). The van der Waals surface area contributed by atoms with Gasteiger partial charge in [-0.15, -0.1) is 0 Å². The van der Waals surface area contributed by atoms with Crippen LogP contribution in [0.3, 0.4) is 0 Å². The van der Waals surface area contributed by atoms with Crippen molar-refractivity contribution < 1.29 is 18.3 Å². The van der Waals surface area contributed by atoms with Gasteiger partial charge < -0.3 is 5.11 Å². The van der Waals surface area contributed by atoms with Gasteiger partial charge in [-0.1, -0.05) is 13.3 Å². The second kappa shape index (κ2) is 6.16. The van der Waals surface area contributed by atoms with Crippen molar-refractivity contribution in [1.82, 2.24) is 14.9 Å². The Labute approximate surface area is 112 Å². The molecule has 0 radical (unpaired) electrons. The van der Waals surface area contributed by atoms with Gasteiger partial charge in [0.05, 0.1) is 17.3 Å². The monoisotopic (exact) mass is 289 g/mol. The van der Waals surface area contributed by atoms with Gasteiger partial charge in [0.1, 0.15) is 4.90 Å². The summed E-state index contributed by atoms with van der Waals surface area (Å²) in [6, 6.07) is 0. The molecule has 0 amide bonds. The Hall–Kier alpha value is -1.41. The average molecular weight is 289 g/mol. The van der Waals surface area contributed by atoms with Crippen molar-refractivity contribution in [2.24, 2.45) is 5.92 Å². The van der Waals surface area contributed by atoms with Crippen LogP contribution in [0.2, 0.25) is 0 Å². The molecule has 0 aromatic carbocycles. The highest BCUT2D eigenvalue weighted by molar-refractivity contribution is 7.89. The van der Waals surface area contributed by atoms with E-state index in [-0.39, 0.29) is 11.4 Å². The van der Waals surface area contributed by atoms with Crippen molar-refractivity contribution in [2.75, 3.05) is 6.54 Å². The fourth-order valence-electron chi connectivity index (χ4n) is 1.88. The van der Waals surface area contributed by atoms with E-state index in [9.17, 15) is 13.2 Å². The second-order valence-electron chi connectivity index (χ2n) is 4.44. The number of H-pyrrole nitrogens is 1. The van der Waals surface area contributed by atoms with E-state index >= 15 is 0 Å². The molecule has 19 heavy (non-hydrogen) atoms. The number of hydrogen-bond donors (Lipinski definition) is 3. The van der Waals surface area contributed by atoms with Crippen LogP contribution in [-0.4, -0.2) is 36.2 Å². The molecule has 1 atom stereocenters. The zero-order valence-electron chi connectivity index (χ0n) is 11.2. The summed E-state index contributed by atoms with van der Waals surface area (Å²) < 4.78 is 26.5. The van der Waals surface area contributed by atoms with Crippen LogP contribution in [0, 0.1) is 19.8 Å². The molecule has 7 nitrogen and oxygen atoms in total. The van der Waals surface area contributed by atoms with Gasteiger partial charge in [-0.25, -0.2) is 13.1 Å². The fourth-order valence-corrected chi connectivity index (χ4v) is 3.33. The Bertz CT molecular complexity index is 531. The molecule has 8 heteroatoms. The summed E-state index contributed by atoms with van der Waals surface area (Å²) in [5, 5.41) is 15.4. The third kappa shape index (κ3) is 3.77. The van der Waals surface area contributed by atoms with Gasteiger partial charge in [0.15, 0.2) is 0 Å². The number of nitrogens with one attached hydrogen (secondary N) is 2. The quantitative estimate of drug-likeness (QED) is 0.687. The standard InChI is InChI=1S/C11H19N3O4S/c1-4-5-9(11(15)16)6-12-19(17,18)10-7(2)13-14-8(10)3/h9,12H,4-6H2,1-3H3,(H,13,14)(H,15,16). The van der Waals surface area contributed by atoms with Crippen LogP contribution in [0.4, 0.5) is 0 Å². The van der Waals surface area contributed by atoms with Crippen molar-refractivity contribution in [3.05, 3.63) is 11.4 Å². The molecule has 0 aliphatic heterocycles. The highest BCUT2D eigenvalue weighted by Gasteiger charge is 2.25. The lowest BCUT2D eigenvalue weighted by molar-refractivity contribution is -0.141. The first kappa shape index (κ1) is 15.6. The summed E-state index contributed by atoms with van der Waals surface area (Å²) in [6.45, 7) is 4.93. The SMILES string of the molecule is CCCC(CNS(=O)(=O)c1c(C)n[nH]c1C)C(=O)O. The van der Waals surface area contributed by atoms with E-state index in [1.807, 2.05) is 6.92 Å². The zero-order valence-corrected chi connectivity index (χ0v) is 12.0. The lowest BCUT2D eigenvalue weighted by atomic mass is 10.1. The molecular formula is C11H19N3O4S. The minimum absolute atomic E-state index is 0.0909. The van der Waals surface area contributed by atoms with Crippen LogP contribution < -0.4 is 4.72 Å². The van der Waals surface area contributed by atoms with Crippen molar-refractivity contribution in [1.29, 1.82) is 0 Å². The number of aromatic nitrogens is 2. The molecule has 0 saturated carbocycles. The van der Waals surface area contributed by atoms with Gasteiger partial charge in [0.25, 0.3) is 0 Å². The molecule has 1 unspecified atom stereocenters. The Morgan fingerprint density at radius 2 is 2.11 bits per heavy atom. The molecule has 0 fully saturated rings. The first-order valence-corrected chi connectivity index (χ1v) is 7.52. The number of hydrogen-bond acceptors (Lipinski definition) is 4. The predicted molar refractivity (Wildman–Crippen MR) is 69.3 cm³/mol. The topological polar surface area (TPSA) is 112 Å². The molecule has 0 saturated heterocycles. The summed E-state index contributed by atoms with van der Waals surface area (Å²) in [7, 11) is -3.73. The largest absolute Gasteiger partial charge is 0.481 e. The van der Waals surface area contributed by atoms with Gasteiger partial charge in [-0.2, -0.15) is 5.10 Å². The van der Waals surface area contributed by atoms with Crippen LogP contribution in [0.15, 0.2) is 4.90 Å². The lowest BCUT2D eigenvalue weighted by Gasteiger charge is -2.12. The van der Waals surface area contributed by atoms with Crippen LogP contribution in [-0.2, 0) is 14.8 Å². The first-order chi connectivity index (χ1) is 8.79. The van der Waals surface area contributed by atoms with Crippen molar-refractivity contribution in [3.63, 3.8) is 0 Å². The smallest absolute Gasteiger partial charge is 0.307 e. The molecule has 1 heterocycles. The summed E-state index contributed by atoms with van der Waals surface area (Å²) in [6.07, 6.45) is 1.11. The van der Waals surface area contributed by atoms with E-state index in [1.54, 1.807) is 13.8 Å².